The van der Waals surface area contributed by atoms with E-state index in [4.69, 9.17) is 11.6 Å². The van der Waals surface area contributed by atoms with Crippen molar-refractivity contribution in [1.29, 1.82) is 0 Å². The molecule has 1 aromatic rings. The van der Waals surface area contributed by atoms with Crippen LogP contribution < -0.4 is 5.32 Å². The lowest BCUT2D eigenvalue weighted by atomic mass is 9.89. The van der Waals surface area contributed by atoms with Crippen LogP contribution in [-0.2, 0) is 4.79 Å². The number of aliphatic carboxylic acids is 1. The highest BCUT2D eigenvalue weighted by Crippen LogP contribution is 2.42. The Labute approximate surface area is 127 Å². The molecule has 2 saturated heterocycles. The van der Waals surface area contributed by atoms with Gasteiger partial charge in [0.05, 0.1) is 16.6 Å². The molecule has 3 unspecified atom stereocenters. The van der Waals surface area contributed by atoms with Crippen molar-refractivity contribution < 1.29 is 14.7 Å². The number of hydrogen-bond donors (Lipinski definition) is 2. The van der Waals surface area contributed by atoms with Crippen LogP contribution in [0.1, 0.15) is 24.8 Å². The van der Waals surface area contributed by atoms with E-state index in [1.807, 2.05) is 13.0 Å². The van der Waals surface area contributed by atoms with Gasteiger partial charge in [0, 0.05) is 12.1 Å². The van der Waals surface area contributed by atoms with E-state index in [1.54, 1.807) is 17.0 Å². The molecule has 2 fully saturated rings. The van der Waals surface area contributed by atoms with Crippen molar-refractivity contribution in [3.8, 4) is 0 Å². The van der Waals surface area contributed by atoms with E-state index in [-0.39, 0.29) is 18.1 Å². The predicted molar refractivity (Wildman–Crippen MR) is 79.6 cm³/mol. The van der Waals surface area contributed by atoms with Gasteiger partial charge in [-0.15, -0.1) is 0 Å². The molecule has 21 heavy (non-hydrogen) atoms. The van der Waals surface area contributed by atoms with Crippen molar-refractivity contribution in [2.45, 2.75) is 38.3 Å². The van der Waals surface area contributed by atoms with Crippen molar-refractivity contribution in [2.75, 3.05) is 5.32 Å². The first-order chi connectivity index (χ1) is 9.97. The van der Waals surface area contributed by atoms with Crippen molar-refractivity contribution in [3.63, 3.8) is 0 Å². The third kappa shape index (κ3) is 2.46. The minimum atomic E-state index is -0.812. The molecule has 2 aliphatic rings. The standard InChI is InChI=1S/C15H17ClN2O3/c1-8-2-4-12(11(16)6-8)17-15(21)18-9-3-5-13(18)10(7-9)14(19)20/h2,4,6,9-10,13H,3,5,7H2,1H3,(H,17,21)(H,19,20). The Morgan fingerprint density at radius 1 is 1.38 bits per heavy atom. The van der Waals surface area contributed by atoms with Crippen molar-refractivity contribution in [1.82, 2.24) is 4.90 Å². The number of nitrogens with one attached hydrogen (secondary N) is 1. The highest BCUT2D eigenvalue weighted by atomic mass is 35.5. The molecule has 2 bridgehead atoms. The molecule has 0 aromatic heterocycles. The van der Waals surface area contributed by atoms with Crippen molar-refractivity contribution in [2.24, 2.45) is 5.92 Å². The summed E-state index contributed by atoms with van der Waals surface area (Å²) >= 11 is 6.12. The smallest absolute Gasteiger partial charge is 0.322 e. The quantitative estimate of drug-likeness (QED) is 0.882. The molecule has 0 radical (unpaired) electrons. The van der Waals surface area contributed by atoms with Gasteiger partial charge >= 0.3 is 12.0 Å². The average molecular weight is 309 g/mol. The Balaban J connectivity index is 1.76. The lowest BCUT2D eigenvalue weighted by molar-refractivity contribution is -0.142. The summed E-state index contributed by atoms with van der Waals surface area (Å²) in [5.74, 6) is -1.25. The number of aryl methyl sites for hydroxylation is 1. The lowest BCUT2D eigenvalue weighted by Crippen LogP contribution is -2.40. The molecule has 1 aromatic carbocycles. The SMILES string of the molecule is Cc1ccc(NC(=O)N2C3CCC2C(C(=O)O)C3)c(Cl)c1. The maximum Gasteiger partial charge on any atom is 0.322 e. The van der Waals surface area contributed by atoms with Gasteiger partial charge in [-0.1, -0.05) is 17.7 Å². The third-order valence-electron chi connectivity index (χ3n) is 4.45. The molecule has 6 heteroatoms. The van der Waals surface area contributed by atoms with Gasteiger partial charge in [0.25, 0.3) is 0 Å². The first kappa shape index (κ1) is 14.2. The zero-order valence-electron chi connectivity index (χ0n) is 11.7. The molecule has 0 saturated carbocycles. The second kappa shape index (κ2) is 5.22. The van der Waals surface area contributed by atoms with Gasteiger partial charge in [-0.05, 0) is 43.9 Å². The largest absolute Gasteiger partial charge is 0.481 e. The topological polar surface area (TPSA) is 69.6 Å². The van der Waals surface area contributed by atoms with Crippen LogP contribution in [0.15, 0.2) is 18.2 Å². The monoisotopic (exact) mass is 308 g/mol. The highest BCUT2D eigenvalue weighted by Gasteiger charge is 2.51. The number of carboxylic acid groups (broad SMARTS) is 1. The number of benzene rings is 1. The molecule has 2 heterocycles. The molecule has 0 spiro atoms. The number of urea groups is 1. The maximum absolute atomic E-state index is 12.4. The number of carboxylic acids is 1. The van der Waals surface area contributed by atoms with Crippen LogP contribution in [0.5, 0.6) is 0 Å². The van der Waals surface area contributed by atoms with E-state index in [0.717, 1.165) is 18.4 Å². The minimum Gasteiger partial charge on any atom is -0.481 e. The molecule has 2 amide bonds. The fourth-order valence-corrected chi connectivity index (χ4v) is 3.75. The molecule has 5 nitrogen and oxygen atoms in total. The summed E-state index contributed by atoms with van der Waals surface area (Å²) in [4.78, 5) is 25.4. The number of hydrogen-bond acceptors (Lipinski definition) is 2. The average Bonchev–Trinajstić information content (AvgIpc) is 2.99. The van der Waals surface area contributed by atoms with E-state index < -0.39 is 11.9 Å². The molecule has 3 atom stereocenters. The molecule has 3 rings (SSSR count). The van der Waals surface area contributed by atoms with Gasteiger partial charge < -0.3 is 15.3 Å². The summed E-state index contributed by atoms with van der Waals surface area (Å²) in [6.45, 7) is 1.93. The van der Waals surface area contributed by atoms with E-state index >= 15 is 0 Å². The second-order valence-corrected chi connectivity index (χ2v) is 6.21. The maximum atomic E-state index is 12.4. The number of nitrogens with zero attached hydrogens (tertiary/aromatic N) is 1. The van der Waals surface area contributed by atoms with Gasteiger partial charge in [0.15, 0.2) is 0 Å². The second-order valence-electron chi connectivity index (χ2n) is 5.80. The molecule has 112 valence electrons. The van der Waals surface area contributed by atoms with E-state index in [2.05, 4.69) is 5.32 Å². The number of halogens is 1. The number of fused-ring (bicyclic) bond motifs is 2. The highest BCUT2D eigenvalue weighted by molar-refractivity contribution is 6.33. The lowest BCUT2D eigenvalue weighted by Gasteiger charge is -2.23. The Morgan fingerprint density at radius 2 is 2.14 bits per heavy atom. The number of carbonyl (C=O) groups excluding carboxylic acids is 1. The Kier molecular flexibility index (Phi) is 3.53. The summed E-state index contributed by atoms with van der Waals surface area (Å²) in [6, 6.07) is 5.01. The first-order valence-electron chi connectivity index (χ1n) is 7.05. The molecular formula is C15H17ClN2O3. The van der Waals surface area contributed by atoms with Gasteiger partial charge in [0.2, 0.25) is 0 Å². The zero-order chi connectivity index (χ0) is 15.1. The van der Waals surface area contributed by atoms with Crippen LogP contribution in [0.2, 0.25) is 5.02 Å². The summed E-state index contributed by atoms with van der Waals surface area (Å²) < 4.78 is 0. The normalized spacial score (nSPS) is 27.0. The van der Waals surface area contributed by atoms with Crippen LogP contribution in [0.25, 0.3) is 0 Å². The Hall–Kier alpha value is -1.75. The van der Waals surface area contributed by atoms with Crippen LogP contribution >= 0.6 is 11.6 Å². The van der Waals surface area contributed by atoms with Gasteiger partial charge in [0.1, 0.15) is 0 Å². The van der Waals surface area contributed by atoms with Crippen LogP contribution in [0.4, 0.5) is 10.5 Å². The Bertz CT molecular complexity index is 605. The molecule has 0 aliphatic carbocycles. The van der Waals surface area contributed by atoms with Gasteiger partial charge in [-0.25, -0.2) is 4.79 Å². The summed E-state index contributed by atoms with van der Waals surface area (Å²) in [6.07, 6.45) is 2.19. The zero-order valence-corrected chi connectivity index (χ0v) is 12.4. The molecular weight excluding hydrogens is 292 g/mol. The van der Waals surface area contributed by atoms with E-state index in [1.165, 1.54) is 0 Å². The van der Waals surface area contributed by atoms with Crippen LogP contribution in [-0.4, -0.2) is 34.1 Å². The van der Waals surface area contributed by atoms with E-state index in [9.17, 15) is 14.7 Å². The van der Waals surface area contributed by atoms with Crippen LogP contribution in [0.3, 0.4) is 0 Å². The van der Waals surface area contributed by atoms with Crippen LogP contribution in [0, 0.1) is 12.8 Å². The summed E-state index contributed by atoms with van der Waals surface area (Å²) in [5, 5.41) is 12.5. The third-order valence-corrected chi connectivity index (χ3v) is 4.77. The molecule has 2 aliphatic heterocycles. The van der Waals surface area contributed by atoms with Crippen molar-refractivity contribution >= 4 is 29.3 Å². The Morgan fingerprint density at radius 3 is 2.76 bits per heavy atom. The van der Waals surface area contributed by atoms with E-state index in [0.29, 0.717) is 17.1 Å². The van der Waals surface area contributed by atoms with Gasteiger partial charge in [-0.2, -0.15) is 0 Å². The fourth-order valence-electron chi connectivity index (χ4n) is 3.47. The number of amides is 2. The number of anilines is 1. The summed E-state index contributed by atoms with van der Waals surface area (Å²) in [5.41, 5.74) is 1.58. The first-order valence-corrected chi connectivity index (χ1v) is 7.43. The van der Waals surface area contributed by atoms with Crippen molar-refractivity contribution in [3.05, 3.63) is 28.8 Å². The van der Waals surface area contributed by atoms with Gasteiger partial charge in [-0.3, -0.25) is 4.79 Å². The number of rotatable bonds is 2. The fraction of sp³-hybridized carbons (Fsp3) is 0.467. The number of carbonyl (C=O) groups is 2. The summed E-state index contributed by atoms with van der Waals surface area (Å²) in [7, 11) is 0. The predicted octanol–water partition coefficient (Wildman–Crippen LogP) is 3.12. The molecule has 2 N–H and O–H groups in total. The minimum absolute atomic E-state index is 0.0281.